The molecule has 0 atom stereocenters. The van der Waals surface area contributed by atoms with Crippen molar-refractivity contribution in [2.75, 3.05) is 27.2 Å². The average Bonchev–Trinajstić information content (AvgIpc) is 2.40. The lowest BCUT2D eigenvalue weighted by Crippen LogP contribution is -2.26. The van der Waals surface area contributed by atoms with Gasteiger partial charge in [0, 0.05) is 25.7 Å². The third kappa shape index (κ3) is 3.68. The van der Waals surface area contributed by atoms with Crippen molar-refractivity contribution in [2.45, 2.75) is 25.3 Å². The van der Waals surface area contributed by atoms with Gasteiger partial charge in [0.2, 0.25) is 10.0 Å². The van der Waals surface area contributed by atoms with Crippen LogP contribution in [0.15, 0.2) is 23.1 Å². The molecule has 0 aliphatic heterocycles. The molecule has 0 aromatic heterocycles. The lowest BCUT2D eigenvalue weighted by Gasteiger charge is -2.17. The van der Waals surface area contributed by atoms with Crippen molar-refractivity contribution in [2.24, 2.45) is 0 Å². The summed E-state index contributed by atoms with van der Waals surface area (Å²) in [6.07, 6.45) is 0. The van der Waals surface area contributed by atoms with Gasteiger partial charge in [0.25, 0.3) is 0 Å². The molecular formula is C13H22N2O3S. The van der Waals surface area contributed by atoms with E-state index in [1.807, 2.05) is 14.0 Å². The lowest BCUT2D eigenvalue weighted by molar-refractivity contribution is 0.335. The van der Waals surface area contributed by atoms with Crippen LogP contribution in [0.3, 0.4) is 0 Å². The molecule has 1 N–H and O–H groups in total. The number of hydrogen-bond acceptors (Lipinski definition) is 4. The number of nitrogens with one attached hydrogen (secondary N) is 1. The van der Waals surface area contributed by atoms with Crippen molar-refractivity contribution in [1.82, 2.24) is 9.62 Å². The topological polar surface area (TPSA) is 58.6 Å². The van der Waals surface area contributed by atoms with Crippen LogP contribution < -0.4 is 10.1 Å². The standard InChI is InChI=1S/C13H22N2O3S/c1-5-15(4)19(16,17)12-7-8-13(18-6-2)11(9-12)10-14-3/h7-9,14H,5-6,10H2,1-4H3. The van der Waals surface area contributed by atoms with Crippen molar-refractivity contribution in [3.8, 4) is 5.75 Å². The molecule has 0 heterocycles. The van der Waals surface area contributed by atoms with E-state index in [0.717, 1.165) is 11.3 Å². The molecular weight excluding hydrogens is 264 g/mol. The van der Waals surface area contributed by atoms with Crippen LogP contribution in [0.25, 0.3) is 0 Å². The second kappa shape index (κ2) is 6.88. The second-order valence-electron chi connectivity index (χ2n) is 4.15. The summed E-state index contributed by atoms with van der Waals surface area (Å²) in [5.74, 6) is 0.718. The van der Waals surface area contributed by atoms with Gasteiger partial charge >= 0.3 is 0 Å². The summed E-state index contributed by atoms with van der Waals surface area (Å²) in [7, 11) is -0.0241. The molecule has 0 bridgehead atoms. The average molecular weight is 286 g/mol. The first-order valence-corrected chi connectivity index (χ1v) is 7.78. The third-order valence-corrected chi connectivity index (χ3v) is 4.78. The van der Waals surface area contributed by atoms with E-state index in [2.05, 4.69) is 5.32 Å². The van der Waals surface area contributed by atoms with Gasteiger partial charge in [-0.1, -0.05) is 6.92 Å². The van der Waals surface area contributed by atoms with Crippen molar-refractivity contribution in [3.63, 3.8) is 0 Å². The van der Waals surface area contributed by atoms with Crippen LogP contribution in [0.5, 0.6) is 5.75 Å². The van der Waals surface area contributed by atoms with Crippen LogP contribution in [0, 0.1) is 0 Å². The molecule has 0 spiro atoms. The van der Waals surface area contributed by atoms with E-state index in [1.54, 1.807) is 32.2 Å². The number of benzene rings is 1. The van der Waals surface area contributed by atoms with Gasteiger partial charge in [0.1, 0.15) is 5.75 Å². The Morgan fingerprint density at radius 2 is 2.00 bits per heavy atom. The van der Waals surface area contributed by atoms with Crippen molar-refractivity contribution in [1.29, 1.82) is 0 Å². The molecule has 0 saturated carbocycles. The number of sulfonamides is 1. The Kier molecular flexibility index (Phi) is 5.78. The lowest BCUT2D eigenvalue weighted by atomic mass is 10.2. The van der Waals surface area contributed by atoms with Crippen LogP contribution in [-0.4, -0.2) is 40.0 Å². The molecule has 0 unspecified atom stereocenters. The molecule has 1 aromatic rings. The van der Waals surface area contributed by atoms with E-state index >= 15 is 0 Å². The molecule has 0 aliphatic carbocycles. The van der Waals surface area contributed by atoms with Crippen molar-refractivity contribution < 1.29 is 13.2 Å². The summed E-state index contributed by atoms with van der Waals surface area (Å²) in [5, 5.41) is 3.02. The van der Waals surface area contributed by atoms with Gasteiger partial charge in [0.15, 0.2) is 0 Å². The van der Waals surface area contributed by atoms with Crippen molar-refractivity contribution >= 4 is 10.0 Å². The number of ether oxygens (including phenoxy) is 1. The fourth-order valence-electron chi connectivity index (χ4n) is 1.69. The van der Waals surface area contributed by atoms with Crippen LogP contribution >= 0.6 is 0 Å². The fraction of sp³-hybridized carbons (Fsp3) is 0.538. The Morgan fingerprint density at radius 3 is 2.53 bits per heavy atom. The number of nitrogens with zero attached hydrogens (tertiary/aromatic N) is 1. The molecule has 0 amide bonds. The van der Waals surface area contributed by atoms with Gasteiger partial charge in [-0.2, -0.15) is 0 Å². The highest BCUT2D eigenvalue weighted by atomic mass is 32.2. The quantitative estimate of drug-likeness (QED) is 0.824. The Hall–Kier alpha value is -1.11. The first-order chi connectivity index (χ1) is 8.97. The minimum Gasteiger partial charge on any atom is -0.494 e. The third-order valence-electron chi connectivity index (χ3n) is 2.85. The summed E-state index contributed by atoms with van der Waals surface area (Å²) in [6, 6.07) is 4.97. The van der Waals surface area contributed by atoms with Gasteiger partial charge in [-0.15, -0.1) is 0 Å². The minimum absolute atomic E-state index is 0.297. The van der Waals surface area contributed by atoms with E-state index in [4.69, 9.17) is 4.74 Å². The van der Waals surface area contributed by atoms with Crippen LogP contribution in [-0.2, 0) is 16.6 Å². The van der Waals surface area contributed by atoms with Crippen LogP contribution in [0.4, 0.5) is 0 Å². The highest BCUT2D eigenvalue weighted by Crippen LogP contribution is 2.24. The first-order valence-electron chi connectivity index (χ1n) is 6.34. The maximum Gasteiger partial charge on any atom is 0.242 e. The minimum atomic E-state index is -3.41. The predicted molar refractivity (Wildman–Crippen MR) is 75.9 cm³/mol. The maximum atomic E-state index is 12.3. The fourth-order valence-corrected chi connectivity index (χ4v) is 2.92. The second-order valence-corrected chi connectivity index (χ2v) is 6.20. The van der Waals surface area contributed by atoms with E-state index in [1.165, 1.54) is 4.31 Å². The summed E-state index contributed by atoms with van der Waals surface area (Å²) in [5.41, 5.74) is 0.843. The van der Waals surface area contributed by atoms with E-state index in [-0.39, 0.29) is 0 Å². The van der Waals surface area contributed by atoms with Crippen molar-refractivity contribution in [3.05, 3.63) is 23.8 Å². The maximum absolute atomic E-state index is 12.3. The normalized spacial score (nSPS) is 11.8. The summed E-state index contributed by atoms with van der Waals surface area (Å²) in [4.78, 5) is 0.297. The van der Waals surface area contributed by atoms with Gasteiger partial charge < -0.3 is 10.1 Å². The smallest absolute Gasteiger partial charge is 0.242 e. The Balaban J connectivity index is 3.21. The predicted octanol–water partition coefficient (Wildman–Crippen LogP) is 1.45. The Labute approximate surface area is 115 Å². The molecule has 108 valence electrons. The van der Waals surface area contributed by atoms with E-state index in [0.29, 0.717) is 24.6 Å². The summed E-state index contributed by atoms with van der Waals surface area (Å²) < 4.78 is 31.3. The zero-order chi connectivity index (χ0) is 14.5. The number of hydrogen-bond donors (Lipinski definition) is 1. The zero-order valence-corrected chi connectivity index (χ0v) is 12.8. The monoisotopic (exact) mass is 286 g/mol. The molecule has 0 aliphatic rings. The van der Waals surface area contributed by atoms with E-state index in [9.17, 15) is 8.42 Å². The largest absolute Gasteiger partial charge is 0.494 e. The Morgan fingerprint density at radius 1 is 1.32 bits per heavy atom. The van der Waals surface area contributed by atoms with Gasteiger partial charge in [-0.05, 0) is 32.2 Å². The molecule has 1 aromatic carbocycles. The van der Waals surface area contributed by atoms with Gasteiger partial charge in [-0.3, -0.25) is 0 Å². The van der Waals surface area contributed by atoms with Gasteiger partial charge in [-0.25, -0.2) is 12.7 Å². The zero-order valence-electron chi connectivity index (χ0n) is 11.9. The molecule has 1 rings (SSSR count). The SMILES string of the molecule is CCOc1ccc(S(=O)(=O)N(C)CC)cc1CNC. The highest BCUT2D eigenvalue weighted by Gasteiger charge is 2.20. The molecule has 6 heteroatoms. The molecule has 19 heavy (non-hydrogen) atoms. The first kappa shape index (κ1) is 15.9. The molecule has 0 saturated heterocycles. The highest BCUT2D eigenvalue weighted by molar-refractivity contribution is 7.89. The summed E-state index contributed by atoms with van der Waals surface area (Å²) in [6.45, 7) is 5.27. The molecule has 0 radical (unpaired) electrons. The van der Waals surface area contributed by atoms with Gasteiger partial charge in [0.05, 0.1) is 11.5 Å². The summed E-state index contributed by atoms with van der Waals surface area (Å²) >= 11 is 0. The Bertz CT molecular complexity index is 515. The van der Waals surface area contributed by atoms with E-state index < -0.39 is 10.0 Å². The van der Waals surface area contributed by atoms with Crippen LogP contribution in [0.2, 0.25) is 0 Å². The van der Waals surface area contributed by atoms with Crippen LogP contribution in [0.1, 0.15) is 19.4 Å². The molecule has 5 nitrogen and oxygen atoms in total. The number of rotatable bonds is 7. The molecule has 0 fully saturated rings.